The SMILES string of the molecule is Cc1cc(-n2c(=S)sc3c(=O)n(-c4ccc(F)cc4)c(SCC(=O)[O-])nc32)ccc1Cl. The van der Waals surface area contributed by atoms with Gasteiger partial charge >= 0.3 is 0 Å². The summed E-state index contributed by atoms with van der Waals surface area (Å²) in [7, 11) is 0. The minimum absolute atomic E-state index is 0.126. The average Bonchev–Trinajstić information content (AvgIpc) is 3.06. The van der Waals surface area contributed by atoms with Gasteiger partial charge in [0.1, 0.15) is 10.5 Å². The zero-order valence-electron chi connectivity index (χ0n) is 15.8. The van der Waals surface area contributed by atoms with Crippen LogP contribution >= 0.6 is 46.9 Å². The molecule has 0 aliphatic heterocycles. The molecular formula is C20H12ClFN3O3S3-. The second-order valence-corrected chi connectivity index (χ2v) is 9.46. The molecule has 0 aliphatic carbocycles. The third kappa shape index (κ3) is 4.16. The molecule has 2 aromatic heterocycles. The summed E-state index contributed by atoms with van der Waals surface area (Å²) >= 11 is 13.6. The van der Waals surface area contributed by atoms with Gasteiger partial charge in [-0.25, -0.2) is 9.37 Å². The Labute approximate surface area is 193 Å². The predicted molar refractivity (Wildman–Crippen MR) is 121 cm³/mol. The van der Waals surface area contributed by atoms with Crippen LogP contribution in [0.5, 0.6) is 0 Å². The lowest BCUT2D eigenvalue weighted by Crippen LogP contribution is -2.26. The van der Waals surface area contributed by atoms with Crippen molar-refractivity contribution < 1.29 is 14.3 Å². The molecule has 158 valence electrons. The molecule has 0 aliphatic rings. The number of aryl methyl sites for hydroxylation is 1. The second kappa shape index (κ2) is 8.54. The smallest absolute Gasteiger partial charge is 0.278 e. The van der Waals surface area contributed by atoms with E-state index in [1.54, 1.807) is 16.7 Å². The Bertz CT molecular complexity index is 1440. The van der Waals surface area contributed by atoms with Crippen molar-refractivity contribution in [1.29, 1.82) is 0 Å². The van der Waals surface area contributed by atoms with Crippen LogP contribution in [0.3, 0.4) is 0 Å². The van der Waals surface area contributed by atoms with Crippen LogP contribution < -0.4 is 10.7 Å². The van der Waals surface area contributed by atoms with Gasteiger partial charge in [-0.2, -0.15) is 0 Å². The number of carbonyl (C=O) groups is 1. The summed E-state index contributed by atoms with van der Waals surface area (Å²) in [6.45, 7) is 1.85. The van der Waals surface area contributed by atoms with Gasteiger partial charge in [0, 0.05) is 16.5 Å². The standard InChI is InChI=1S/C20H13ClFN3O3S3/c1-10-8-13(6-7-14(10)21)24-17-16(31-20(24)29)18(28)25(12-4-2-11(22)3-5-12)19(23-17)30-9-15(26)27/h2-8H,9H2,1H3,(H,26,27)/p-1. The molecule has 11 heteroatoms. The van der Waals surface area contributed by atoms with Gasteiger partial charge in [0.25, 0.3) is 5.56 Å². The number of aromatic nitrogens is 3. The summed E-state index contributed by atoms with van der Waals surface area (Å²) in [5.74, 6) is -2.18. The normalized spacial score (nSPS) is 11.2. The van der Waals surface area contributed by atoms with E-state index in [1.165, 1.54) is 28.8 Å². The van der Waals surface area contributed by atoms with Crippen LogP contribution in [0.1, 0.15) is 5.56 Å². The fourth-order valence-corrected chi connectivity index (χ4v) is 5.11. The number of fused-ring (bicyclic) bond motifs is 1. The molecule has 0 saturated heterocycles. The summed E-state index contributed by atoms with van der Waals surface area (Å²) in [5.41, 5.74) is 1.74. The van der Waals surface area contributed by atoms with E-state index in [4.69, 9.17) is 23.8 Å². The fraction of sp³-hybridized carbons (Fsp3) is 0.100. The van der Waals surface area contributed by atoms with E-state index in [0.717, 1.165) is 28.7 Å². The molecule has 0 amide bonds. The topological polar surface area (TPSA) is 80.0 Å². The first-order valence-corrected chi connectivity index (χ1v) is 11.4. The second-order valence-electron chi connectivity index (χ2n) is 6.46. The number of halogens is 2. The minimum atomic E-state index is -1.31. The van der Waals surface area contributed by atoms with Gasteiger partial charge in [0.15, 0.2) is 14.8 Å². The predicted octanol–water partition coefficient (Wildman–Crippen LogP) is 3.91. The zero-order valence-corrected chi connectivity index (χ0v) is 19.0. The van der Waals surface area contributed by atoms with Gasteiger partial charge in [0.05, 0.1) is 11.7 Å². The van der Waals surface area contributed by atoms with Crippen LogP contribution in [-0.4, -0.2) is 25.8 Å². The lowest BCUT2D eigenvalue weighted by molar-refractivity contribution is -0.301. The summed E-state index contributed by atoms with van der Waals surface area (Å²) in [5, 5.41) is 11.8. The molecule has 0 N–H and O–H groups in total. The average molecular weight is 493 g/mol. The molecule has 0 bridgehead atoms. The van der Waals surface area contributed by atoms with E-state index in [-0.39, 0.29) is 5.16 Å². The summed E-state index contributed by atoms with van der Waals surface area (Å²) < 4.78 is 17.0. The number of thiazole rings is 1. The molecule has 0 spiro atoms. The van der Waals surface area contributed by atoms with Crippen molar-refractivity contribution >= 4 is 63.2 Å². The van der Waals surface area contributed by atoms with Crippen LogP contribution in [-0.2, 0) is 4.79 Å². The third-order valence-corrected chi connectivity index (χ3v) is 7.07. The van der Waals surface area contributed by atoms with Crippen molar-refractivity contribution in [2.45, 2.75) is 12.1 Å². The molecule has 2 aromatic carbocycles. The fourth-order valence-electron chi connectivity index (χ4n) is 2.97. The number of benzene rings is 2. The Kier molecular flexibility index (Phi) is 5.98. The van der Waals surface area contributed by atoms with Crippen LogP contribution in [0, 0.1) is 16.7 Å². The monoisotopic (exact) mass is 492 g/mol. The number of carbonyl (C=O) groups excluding carboxylic acids is 1. The van der Waals surface area contributed by atoms with E-state index >= 15 is 0 Å². The zero-order chi connectivity index (χ0) is 22.3. The number of aliphatic carboxylic acids is 1. The summed E-state index contributed by atoms with van der Waals surface area (Å²) in [6.07, 6.45) is 0. The molecule has 4 rings (SSSR count). The summed E-state index contributed by atoms with van der Waals surface area (Å²) in [4.78, 5) is 29.0. The van der Waals surface area contributed by atoms with E-state index in [9.17, 15) is 19.1 Å². The maximum absolute atomic E-state index is 13.4. The molecule has 0 atom stereocenters. The molecule has 0 fully saturated rings. The Morgan fingerprint density at radius 3 is 2.55 bits per heavy atom. The van der Waals surface area contributed by atoms with Crippen LogP contribution in [0.4, 0.5) is 4.39 Å². The maximum Gasteiger partial charge on any atom is 0.278 e. The lowest BCUT2D eigenvalue weighted by atomic mass is 10.2. The van der Waals surface area contributed by atoms with E-state index < -0.39 is 23.1 Å². The van der Waals surface area contributed by atoms with Crippen molar-refractivity contribution in [3.63, 3.8) is 0 Å². The van der Waals surface area contributed by atoms with Crippen LogP contribution in [0.15, 0.2) is 52.4 Å². The Morgan fingerprint density at radius 2 is 1.90 bits per heavy atom. The highest BCUT2D eigenvalue weighted by Crippen LogP contribution is 2.28. The van der Waals surface area contributed by atoms with E-state index in [1.807, 2.05) is 13.0 Å². The Balaban J connectivity index is 2.02. The molecule has 2 heterocycles. The van der Waals surface area contributed by atoms with E-state index in [2.05, 4.69) is 4.98 Å². The Morgan fingerprint density at radius 1 is 1.23 bits per heavy atom. The van der Waals surface area contributed by atoms with Gasteiger partial charge in [-0.05, 0) is 67.2 Å². The molecule has 6 nitrogen and oxygen atoms in total. The van der Waals surface area contributed by atoms with Crippen molar-refractivity contribution in [2.24, 2.45) is 0 Å². The molecular weight excluding hydrogens is 481 g/mol. The number of hydrogen-bond acceptors (Lipinski definition) is 7. The molecule has 0 unspecified atom stereocenters. The van der Waals surface area contributed by atoms with Crippen molar-refractivity contribution in [1.82, 2.24) is 14.1 Å². The lowest BCUT2D eigenvalue weighted by Gasteiger charge is -2.13. The first-order valence-electron chi connectivity index (χ1n) is 8.80. The number of nitrogens with zero attached hydrogens (tertiary/aromatic N) is 3. The van der Waals surface area contributed by atoms with Gasteiger partial charge < -0.3 is 9.90 Å². The van der Waals surface area contributed by atoms with Crippen molar-refractivity contribution in [2.75, 3.05) is 5.75 Å². The maximum atomic E-state index is 13.4. The molecule has 31 heavy (non-hydrogen) atoms. The quantitative estimate of drug-likeness (QED) is 0.239. The highest BCUT2D eigenvalue weighted by molar-refractivity contribution is 7.99. The van der Waals surface area contributed by atoms with E-state index in [0.29, 0.717) is 30.7 Å². The minimum Gasteiger partial charge on any atom is -0.549 e. The molecule has 0 radical (unpaired) electrons. The number of rotatable bonds is 5. The van der Waals surface area contributed by atoms with Gasteiger partial charge in [-0.3, -0.25) is 13.9 Å². The highest BCUT2D eigenvalue weighted by atomic mass is 35.5. The molecule has 0 saturated carbocycles. The highest BCUT2D eigenvalue weighted by Gasteiger charge is 2.19. The van der Waals surface area contributed by atoms with Crippen LogP contribution in [0.2, 0.25) is 5.02 Å². The van der Waals surface area contributed by atoms with Gasteiger partial charge in [-0.15, -0.1) is 0 Å². The third-order valence-electron chi connectivity index (χ3n) is 4.38. The van der Waals surface area contributed by atoms with Gasteiger partial charge in [0.2, 0.25) is 0 Å². The largest absolute Gasteiger partial charge is 0.549 e. The van der Waals surface area contributed by atoms with Crippen molar-refractivity contribution in [3.8, 4) is 11.4 Å². The van der Waals surface area contributed by atoms with Crippen molar-refractivity contribution in [3.05, 3.63) is 73.2 Å². The summed E-state index contributed by atoms with van der Waals surface area (Å²) in [6, 6.07) is 10.6. The number of thioether (sulfide) groups is 1. The molecule has 4 aromatic rings. The Hall–Kier alpha value is -2.53. The number of carboxylic acid groups (broad SMARTS) is 1. The first kappa shape index (κ1) is 21.7. The number of hydrogen-bond donors (Lipinski definition) is 0. The first-order chi connectivity index (χ1) is 14.8. The van der Waals surface area contributed by atoms with Gasteiger partial charge in [-0.1, -0.05) is 34.7 Å². The number of carboxylic acids is 1. The van der Waals surface area contributed by atoms with Crippen LogP contribution in [0.25, 0.3) is 21.7 Å².